The van der Waals surface area contributed by atoms with Gasteiger partial charge in [-0.3, -0.25) is 4.79 Å². The fourth-order valence-electron chi connectivity index (χ4n) is 3.65. The van der Waals surface area contributed by atoms with Crippen LogP contribution in [0.4, 0.5) is 0 Å². The molecule has 0 aromatic rings. The van der Waals surface area contributed by atoms with Crippen molar-refractivity contribution in [3.8, 4) is 0 Å². The van der Waals surface area contributed by atoms with Crippen LogP contribution < -0.4 is 11.1 Å². The lowest BCUT2D eigenvalue weighted by Crippen LogP contribution is -2.44. The molecule has 1 aliphatic rings. The van der Waals surface area contributed by atoms with Gasteiger partial charge in [0.05, 0.1) is 0 Å². The van der Waals surface area contributed by atoms with Crippen molar-refractivity contribution in [1.29, 1.82) is 0 Å². The van der Waals surface area contributed by atoms with Gasteiger partial charge in [-0.15, -0.1) is 0 Å². The molecule has 1 fully saturated rings. The van der Waals surface area contributed by atoms with Crippen molar-refractivity contribution in [3.05, 3.63) is 0 Å². The number of amides is 1. The van der Waals surface area contributed by atoms with E-state index in [-0.39, 0.29) is 17.9 Å². The normalized spacial score (nSPS) is 24.9. The fraction of sp³-hybridized carbons (Fsp3) is 0.944. The Balaban J connectivity index is 2.34. The second-order valence-electron chi connectivity index (χ2n) is 7.90. The van der Waals surface area contributed by atoms with E-state index in [0.717, 1.165) is 31.6 Å². The molecule has 0 radical (unpaired) electrons. The molecule has 1 rings (SSSR count). The predicted molar refractivity (Wildman–Crippen MR) is 90.0 cm³/mol. The van der Waals surface area contributed by atoms with Gasteiger partial charge in [0.1, 0.15) is 0 Å². The lowest BCUT2D eigenvalue weighted by atomic mass is 9.69. The molecule has 1 unspecified atom stereocenters. The van der Waals surface area contributed by atoms with Crippen LogP contribution in [0.2, 0.25) is 0 Å². The molecule has 3 N–H and O–H groups in total. The lowest BCUT2D eigenvalue weighted by Gasteiger charge is -2.36. The highest BCUT2D eigenvalue weighted by atomic mass is 16.1. The molecule has 1 amide bonds. The summed E-state index contributed by atoms with van der Waals surface area (Å²) in [5, 5.41) is 3.09. The summed E-state index contributed by atoms with van der Waals surface area (Å²) in [6.07, 6.45) is 6.61. The number of hydrogen-bond donors (Lipinski definition) is 2. The summed E-state index contributed by atoms with van der Waals surface area (Å²) < 4.78 is 0. The molecule has 3 nitrogen and oxygen atoms in total. The van der Waals surface area contributed by atoms with E-state index in [1.807, 2.05) is 0 Å². The summed E-state index contributed by atoms with van der Waals surface area (Å²) >= 11 is 0. The van der Waals surface area contributed by atoms with Crippen LogP contribution in [-0.4, -0.2) is 18.5 Å². The molecule has 1 atom stereocenters. The molecule has 0 heterocycles. The Labute approximate surface area is 131 Å². The SMILES string of the molecule is CCC(CC)C(N)CNC(=O)C1CCC(C(C)(C)C)CC1. The van der Waals surface area contributed by atoms with Crippen LogP contribution >= 0.6 is 0 Å². The zero-order valence-electron chi connectivity index (χ0n) is 14.7. The summed E-state index contributed by atoms with van der Waals surface area (Å²) in [5.74, 6) is 1.71. The standard InChI is InChI=1S/C18H36N2O/c1-6-13(7-2)16(19)12-20-17(21)14-8-10-15(11-9-14)18(3,4)5/h13-16H,6-12,19H2,1-5H3,(H,20,21). The van der Waals surface area contributed by atoms with E-state index in [2.05, 4.69) is 39.9 Å². The van der Waals surface area contributed by atoms with Gasteiger partial charge in [-0.25, -0.2) is 0 Å². The number of carbonyl (C=O) groups excluding carboxylic acids is 1. The van der Waals surface area contributed by atoms with Crippen LogP contribution in [-0.2, 0) is 4.79 Å². The first-order valence-electron chi connectivity index (χ1n) is 8.82. The van der Waals surface area contributed by atoms with Crippen LogP contribution in [0, 0.1) is 23.2 Å². The van der Waals surface area contributed by atoms with Gasteiger partial charge in [-0.1, -0.05) is 47.5 Å². The fourth-order valence-corrected chi connectivity index (χ4v) is 3.65. The van der Waals surface area contributed by atoms with Crippen molar-refractivity contribution >= 4 is 5.91 Å². The van der Waals surface area contributed by atoms with Gasteiger partial charge in [0.2, 0.25) is 5.91 Å². The largest absolute Gasteiger partial charge is 0.354 e. The minimum absolute atomic E-state index is 0.0925. The third-order valence-corrected chi connectivity index (χ3v) is 5.49. The average Bonchev–Trinajstić information content (AvgIpc) is 2.45. The third kappa shape index (κ3) is 5.61. The second-order valence-corrected chi connectivity index (χ2v) is 7.90. The number of hydrogen-bond acceptors (Lipinski definition) is 2. The molecule has 1 saturated carbocycles. The van der Waals surface area contributed by atoms with Gasteiger partial charge in [0.15, 0.2) is 0 Å². The Bertz CT molecular complexity index is 310. The average molecular weight is 296 g/mol. The van der Waals surface area contributed by atoms with Gasteiger partial charge >= 0.3 is 0 Å². The van der Waals surface area contributed by atoms with E-state index in [4.69, 9.17) is 5.73 Å². The molecule has 0 bridgehead atoms. The van der Waals surface area contributed by atoms with Crippen molar-refractivity contribution in [2.45, 2.75) is 79.2 Å². The smallest absolute Gasteiger partial charge is 0.223 e. The van der Waals surface area contributed by atoms with Crippen molar-refractivity contribution in [2.75, 3.05) is 6.54 Å². The van der Waals surface area contributed by atoms with Gasteiger partial charge < -0.3 is 11.1 Å². The topological polar surface area (TPSA) is 55.1 Å². The maximum atomic E-state index is 12.3. The van der Waals surface area contributed by atoms with Gasteiger partial charge in [0.25, 0.3) is 0 Å². The highest BCUT2D eigenvalue weighted by Crippen LogP contribution is 2.39. The lowest BCUT2D eigenvalue weighted by molar-refractivity contribution is -0.126. The minimum atomic E-state index is 0.0925. The van der Waals surface area contributed by atoms with Crippen LogP contribution in [0.3, 0.4) is 0 Å². The highest BCUT2D eigenvalue weighted by Gasteiger charge is 2.32. The van der Waals surface area contributed by atoms with E-state index < -0.39 is 0 Å². The first kappa shape index (κ1) is 18.5. The molecule has 3 heteroatoms. The molecular formula is C18H36N2O. The summed E-state index contributed by atoms with van der Waals surface area (Å²) in [5.41, 5.74) is 6.56. The maximum absolute atomic E-state index is 12.3. The van der Waals surface area contributed by atoms with Crippen molar-refractivity contribution in [1.82, 2.24) is 5.32 Å². The molecule has 0 aliphatic heterocycles. The van der Waals surface area contributed by atoms with E-state index in [1.54, 1.807) is 0 Å². The first-order chi connectivity index (χ1) is 9.79. The zero-order chi connectivity index (χ0) is 16.0. The number of nitrogens with two attached hydrogens (primary N) is 1. The molecule has 0 spiro atoms. The Morgan fingerprint density at radius 3 is 2.10 bits per heavy atom. The quantitative estimate of drug-likeness (QED) is 0.785. The first-order valence-corrected chi connectivity index (χ1v) is 8.82. The Kier molecular flexibility index (Phi) is 7.19. The van der Waals surface area contributed by atoms with E-state index in [0.29, 0.717) is 17.9 Å². The molecular weight excluding hydrogens is 260 g/mol. The molecule has 0 aromatic carbocycles. The van der Waals surface area contributed by atoms with E-state index >= 15 is 0 Å². The summed E-state index contributed by atoms with van der Waals surface area (Å²) in [6, 6.07) is 0.0925. The van der Waals surface area contributed by atoms with Crippen LogP contribution in [0.1, 0.15) is 73.1 Å². The second kappa shape index (κ2) is 8.17. The van der Waals surface area contributed by atoms with Gasteiger partial charge in [-0.05, 0) is 42.9 Å². The zero-order valence-corrected chi connectivity index (χ0v) is 14.7. The van der Waals surface area contributed by atoms with Gasteiger partial charge in [0, 0.05) is 18.5 Å². The van der Waals surface area contributed by atoms with Crippen molar-refractivity contribution in [2.24, 2.45) is 28.9 Å². The molecule has 21 heavy (non-hydrogen) atoms. The Morgan fingerprint density at radius 2 is 1.67 bits per heavy atom. The van der Waals surface area contributed by atoms with Crippen molar-refractivity contribution in [3.63, 3.8) is 0 Å². The molecule has 0 saturated heterocycles. The predicted octanol–water partition coefficient (Wildman–Crippen LogP) is 3.72. The Morgan fingerprint density at radius 1 is 1.14 bits per heavy atom. The number of carbonyl (C=O) groups is 1. The monoisotopic (exact) mass is 296 g/mol. The number of rotatable bonds is 6. The summed E-state index contributed by atoms with van der Waals surface area (Å²) in [6.45, 7) is 11.9. The molecule has 124 valence electrons. The maximum Gasteiger partial charge on any atom is 0.223 e. The van der Waals surface area contributed by atoms with Crippen LogP contribution in [0.25, 0.3) is 0 Å². The minimum Gasteiger partial charge on any atom is -0.354 e. The molecule has 0 aromatic heterocycles. The van der Waals surface area contributed by atoms with E-state index in [9.17, 15) is 4.79 Å². The summed E-state index contributed by atoms with van der Waals surface area (Å²) in [7, 11) is 0. The van der Waals surface area contributed by atoms with Crippen LogP contribution in [0.5, 0.6) is 0 Å². The van der Waals surface area contributed by atoms with Crippen molar-refractivity contribution < 1.29 is 4.79 Å². The molecule has 1 aliphatic carbocycles. The highest BCUT2D eigenvalue weighted by molar-refractivity contribution is 5.78. The Hall–Kier alpha value is -0.570. The third-order valence-electron chi connectivity index (χ3n) is 5.49. The van der Waals surface area contributed by atoms with Gasteiger partial charge in [-0.2, -0.15) is 0 Å². The summed E-state index contributed by atoms with van der Waals surface area (Å²) in [4.78, 5) is 12.3. The number of nitrogens with one attached hydrogen (secondary N) is 1. The van der Waals surface area contributed by atoms with E-state index in [1.165, 1.54) is 12.8 Å². The van der Waals surface area contributed by atoms with Crippen LogP contribution in [0.15, 0.2) is 0 Å².